The summed E-state index contributed by atoms with van der Waals surface area (Å²) >= 11 is 0. The monoisotopic (exact) mass is 165 g/mol. The van der Waals surface area contributed by atoms with Crippen LogP contribution in [0, 0.1) is 0 Å². The van der Waals surface area contributed by atoms with E-state index in [1.54, 1.807) is 12.4 Å². The second-order valence-corrected chi connectivity index (χ2v) is 2.81. The number of H-pyrrole nitrogens is 1. The first-order chi connectivity index (χ1) is 5.88. The Bertz CT molecular complexity index is 314. The molecule has 64 valence electrons. The van der Waals surface area contributed by atoms with Gasteiger partial charge in [-0.15, -0.1) is 0 Å². The molecule has 0 saturated carbocycles. The van der Waals surface area contributed by atoms with Crippen molar-refractivity contribution in [3.05, 3.63) is 28.7 Å². The average molecular weight is 165 g/mol. The fourth-order valence-corrected chi connectivity index (χ4v) is 1.35. The smallest absolute Gasteiger partial charge is 0.206 e. The lowest BCUT2D eigenvalue weighted by atomic mass is 10.4. The van der Waals surface area contributed by atoms with Gasteiger partial charge in [-0.3, -0.25) is 4.79 Å². The van der Waals surface area contributed by atoms with Gasteiger partial charge in [-0.05, 0) is 6.42 Å². The molecule has 1 saturated heterocycles. The molecule has 2 N–H and O–H groups in total. The second-order valence-electron chi connectivity index (χ2n) is 2.81. The Balaban J connectivity index is 2.32. The van der Waals surface area contributed by atoms with Crippen molar-refractivity contribution < 1.29 is 0 Å². The van der Waals surface area contributed by atoms with Crippen LogP contribution >= 0.6 is 0 Å². The number of nitrogens with zero attached hydrogens (tertiary/aromatic N) is 1. The van der Waals surface area contributed by atoms with Crippen molar-refractivity contribution >= 4 is 5.69 Å². The van der Waals surface area contributed by atoms with Crippen LogP contribution in [0.5, 0.6) is 0 Å². The molecule has 0 aromatic carbocycles. The summed E-state index contributed by atoms with van der Waals surface area (Å²) in [5.41, 5.74) is 3.89. The van der Waals surface area contributed by atoms with Crippen molar-refractivity contribution in [1.82, 2.24) is 10.4 Å². The van der Waals surface area contributed by atoms with Crippen molar-refractivity contribution in [1.29, 1.82) is 0 Å². The zero-order chi connectivity index (χ0) is 8.39. The maximum Gasteiger partial charge on any atom is 0.206 e. The number of hydrogen-bond acceptors (Lipinski definition) is 3. The van der Waals surface area contributed by atoms with E-state index in [4.69, 9.17) is 0 Å². The van der Waals surface area contributed by atoms with Crippen LogP contribution in [0.15, 0.2) is 23.3 Å². The fourth-order valence-electron chi connectivity index (χ4n) is 1.35. The zero-order valence-electron chi connectivity index (χ0n) is 6.71. The summed E-state index contributed by atoms with van der Waals surface area (Å²) in [5.74, 6) is 0. The van der Waals surface area contributed by atoms with Crippen molar-refractivity contribution in [3.8, 4) is 0 Å². The largest absolute Gasteiger partial charge is 0.366 e. The molecule has 0 spiro atoms. The Hall–Kier alpha value is -1.29. The van der Waals surface area contributed by atoms with Gasteiger partial charge >= 0.3 is 0 Å². The minimum Gasteiger partial charge on any atom is -0.366 e. The van der Waals surface area contributed by atoms with Crippen LogP contribution in [0.2, 0.25) is 0 Å². The Kier molecular flexibility index (Phi) is 1.83. The van der Waals surface area contributed by atoms with Gasteiger partial charge in [0.05, 0.1) is 0 Å². The van der Waals surface area contributed by atoms with E-state index in [1.165, 1.54) is 6.07 Å². The van der Waals surface area contributed by atoms with Gasteiger partial charge < -0.3 is 9.99 Å². The number of nitrogens with one attached hydrogen (secondary N) is 2. The minimum atomic E-state index is 0.0585. The van der Waals surface area contributed by atoms with Crippen LogP contribution < -0.4 is 15.9 Å². The summed E-state index contributed by atoms with van der Waals surface area (Å²) in [6, 6.07) is 1.54. The number of anilines is 1. The molecule has 2 heterocycles. The number of pyridine rings is 1. The highest BCUT2D eigenvalue weighted by atomic mass is 16.1. The van der Waals surface area contributed by atoms with E-state index in [2.05, 4.69) is 10.4 Å². The number of aromatic nitrogens is 1. The van der Waals surface area contributed by atoms with Crippen LogP contribution in [0.3, 0.4) is 0 Å². The highest BCUT2D eigenvalue weighted by Gasteiger charge is 2.13. The molecule has 0 bridgehead atoms. The minimum absolute atomic E-state index is 0.0585. The molecule has 0 radical (unpaired) electrons. The highest BCUT2D eigenvalue weighted by molar-refractivity contribution is 5.42. The summed E-state index contributed by atoms with van der Waals surface area (Å²) in [6.07, 6.45) is 4.46. The molecule has 1 aromatic heterocycles. The molecule has 0 unspecified atom stereocenters. The van der Waals surface area contributed by atoms with Gasteiger partial charge in [0.15, 0.2) is 0 Å². The van der Waals surface area contributed by atoms with Gasteiger partial charge in [0.25, 0.3) is 0 Å². The van der Waals surface area contributed by atoms with E-state index in [-0.39, 0.29) is 5.43 Å². The number of hydrogen-bond donors (Lipinski definition) is 2. The lowest BCUT2D eigenvalue weighted by Gasteiger charge is -2.15. The third-order valence-corrected chi connectivity index (χ3v) is 1.96. The molecule has 2 rings (SSSR count). The second kappa shape index (κ2) is 2.98. The Labute approximate surface area is 70.2 Å². The summed E-state index contributed by atoms with van der Waals surface area (Å²) in [5, 5.41) is 1.89. The van der Waals surface area contributed by atoms with Gasteiger partial charge in [0.2, 0.25) is 5.43 Å². The summed E-state index contributed by atoms with van der Waals surface area (Å²) in [7, 11) is 0. The van der Waals surface area contributed by atoms with E-state index in [0.29, 0.717) is 5.69 Å². The van der Waals surface area contributed by atoms with Gasteiger partial charge in [-0.2, -0.15) is 0 Å². The van der Waals surface area contributed by atoms with Gasteiger partial charge in [0, 0.05) is 31.5 Å². The Morgan fingerprint density at radius 3 is 3.08 bits per heavy atom. The first-order valence-electron chi connectivity index (χ1n) is 4.06. The Morgan fingerprint density at radius 1 is 1.50 bits per heavy atom. The maximum atomic E-state index is 11.3. The SMILES string of the molecule is O=c1cc[nH]cc1N1CCCN1. The number of aromatic amines is 1. The van der Waals surface area contributed by atoms with Crippen LogP contribution in [-0.2, 0) is 0 Å². The third kappa shape index (κ3) is 1.21. The topological polar surface area (TPSA) is 48.1 Å². The van der Waals surface area contributed by atoms with Gasteiger partial charge in [0.1, 0.15) is 5.69 Å². The lowest BCUT2D eigenvalue weighted by molar-refractivity contribution is 0.782. The molecular weight excluding hydrogens is 154 g/mol. The summed E-state index contributed by atoms with van der Waals surface area (Å²) < 4.78 is 0. The predicted molar refractivity (Wildman–Crippen MR) is 47.0 cm³/mol. The van der Waals surface area contributed by atoms with Crippen molar-refractivity contribution in [2.24, 2.45) is 0 Å². The predicted octanol–water partition coefficient (Wildman–Crippen LogP) is 0.0896. The third-order valence-electron chi connectivity index (χ3n) is 1.96. The van der Waals surface area contributed by atoms with Crippen molar-refractivity contribution in [2.75, 3.05) is 18.1 Å². The zero-order valence-corrected chi connectivity index (χ0v) is 6.71. The highest BCUT2D eigenvalue weighted by Crippen LogP contribution is 2.06. The van der Waals surface area contributed by atoms with Crippen LogP contribution in [-0.4, -0.2) is 18.1 Å². The van der Waals surface area contributed by atoms with Crippen molar-refractivity contribution in [3.63, 3.8) is 0 Å². The molecule has 1 fully saturated rings. The number of rotatable bonds is 1. The van der Waals surface area contributed by atoms with Gasteiger partial charge in [-0.25, -0.2) is 5.43 Å². The average Bonchev–Trinajstić information content (AvgIpc) is 2.57. The standard InChI is InChI=1S/C8H11N3O/c12-8-2-4-9-6-7(8)11-5-1-3-10-11/h2,4,6,10H,1,3,5H2,(H,9,12). The first-order valence-corrected chi connectivity index (χ1v) is 4.06. The Morgan fingerprint density at radius 2 is 2.42 bits per heavy atom. The van der Waals surface area contributed by atoms with E-state index in [0.717, 1.165) is 19.5 Å². The molecule has 1 aliphatic heterocycles. The molecule has 0 atom stereocenters. The van der Waals surface area contributed by atoms with E-state index in [9.17, 15) is 4.79 Å². The van der Waals surface area contributed by atoms with E-state index < -0.39 is 0 Å². The molecule has 0 aliphatic carbocycles. The molecule has 4 heteroatoms. The van der Waals surface area contributed by atoms with E-state index in [1.807, 2.05) is 5.01 Å². The number of hydrazine groups is 1. The lowest BCUT2D eigenvalue weighted by Crippen LogP contribution is -2.34. The molecular formula is C8H11N3O. The summed E-state index contributed by atoms with van der Waals surface area (Å²) in [6.45, 7) is 1.86. The van der Waals surface area contributed by atoms with Crippen LogP contribution in [0.25, 0.3) is 0 Å². The van der Waals surface area contributed by atoms with Crippen molar-refractivity contribution in [2.45, 2.75) is 6.42 Å². The van der Waals surface area contributed by atoms with Crippen LogP contribution in [0.4, 0.5) is 5.69 Å². The van der Waals surface area contributed by atoms with Gasteiger partial charge in [-0.1, -0.05) is 0 Å². The fraction of sp³-hybridized carbons (Fsp3) is 0.375. The first kappa shape index (κ1) is 7.36. The molecule has 0 amide bonds. The summed E-state index contributed by atoms with van der Waals surface area (Å²) in [4.78, 5) is 14.2. The molecule has 1 aromatic rings. The van der Waals surface area contributed by atoms with E-state index >= 15 is 0 Å². The van der Waals surface area contributed by atoms with Crippen LogP contribution in [0.1, 0.15) is 6.42 Å². The maximum absolute atomic E-state index is 11.3. The normalized spacial score (nSPS) is 16.8. The molecule has 12 heavy (non-hydrogen) atoms. The molecule has 4 nitrogen and oxygen atoms in total. The quantitative estimate of drug-likeness (QED) is 0.620. The molecule has 1 aliphatic rings.